The van der Waals surface area contributed by atoms with Gasteiger partial charge >= 0.3 is 0 Å². The minimum absolute atomic E-state index is 0.292. The Bertz CT molecular complexity index is 703. The van der Waals surface area contributed by atoms with E-state index < -0.39 is 0 Å². The second-order valence-electron chi connectivity index (χ2n) is 6.01. The third-order valence-electron chi connectivity index (χ3n) is 4.33. The van der Waals surface area contributed by atoms with Crippen LogP contribution in [0.2, 0.25) is 0 Å². The first-order valence-electron chi connectivity index (χ1n) is 7.96. The molecule has 0 atom stereocenters. The lowest BCUT2D eigenvalue weighted by Gasteiger charge is -2.25. The summed E-state index contributed by atoms with van der Waals surface area (Å²) < 4.78 is 16.0. The van der Waals surface area contributed by atoms with Crippen LogP contribution in [0, 0.1) is 18.7 Å². The van der Waals surface area contributed by atoms with Gasteiger partial charge in [0.25, 0.3) is 0 Å². The third-order valence-corrected chi connectivity index (χ3v) is 4.33. The second-order valence-corrected chi connectivity index (χ2v) is 6.01. The van der Waals surface area contributed by atoms with Crippen LogP contribution < -0.4 is 11.1 Å². The van der Waals surface area contributed by atoms with Crippen molar-refractivity contribution in [3.8, 4) is 5.69 Å². The van der Waals surface area contributed by atoms with Crippen molar-refractivity contribution in [1.29, 1.82) is 0 Å². The molecular weight excluding hydrogens is 293 g/mol. The second kappa shape index (κ2) is 6.81. The Labute approximate surface area is 135 Å². The zero-order valence-electron chi connectivity index (χ0n) is 13.3. The molecule has 1 aromatic heterocycles. The van der Waals surface area contributed by atoms with E-state index in [1.54, 1.807) is 23.0 Å². The highest BCUT2D eigenvalue weighted by Gasteiger charge is 2.16. The zero-order valence-corrected chi connectivity index (χ0v) is 13.3. The van der Waals surface area contributed by atoms with Gasteiger partial charge in [0.1, 0.15) is 11.6 Å². The van der Waals surface area contributed by atoms with Gasteiger partial charge in [0.05, 0.1) is 12.2 Å². The van der Waals surface area contributed by atoms with Crippen LogP contribution in [-0.4, -0.2) is 22.1 Å². The van der Waals surface area contributed by atoms with Gasteiger partial charge < -0.3 is 15.6 Å². The Morgan fingerprint density at radius 2 is 2.30 bits per heavy atom. The van der Waals surface area contributed by atoms with Crippen molar-refractivity contribution in [3.63, 3.8) is 0 Å². The Morgan fingerprint density at radius 1 is 1.48 bits per heavy atom. The number of rotatable bonds is 5. The molecule has 0 saturated heterocycles. The van der Waals surface area contributed by atoms with Gasteiger partial charge in [-0.15, -0.1) is 0 Å². The Morgan fingerprint density at radius 3 is 2.91 bits per heavy atom. The van der Waals surface area contributed by atoms with Crippen LogP contribution >= 0.6 is 0 Å². The van der Waals surface area contributed by atoms with Gasteiger partial charge in [-0.2, -0.15) is 0 Å². The monoisotopic (exact) mass is 315 g/mol. The normalized spacial score (nSPS) is 15.5. The Hall–Kier alpha value is -2.37. The number of aromatic nitrogens is 2. The molecule has 0 bridgehead atoms. The summed E-state index contributed by atoms with van der Waals surface area (Å²) in [7, 11) is 0. The molecular formula is C17H22FN5. The van der Waals surface area contributed by atoms with E-state index in [9.17, 15) is 4.39 Å². The topological polar surface area (TPSA) is 68.2 Å². The summed E-state index contributed by atoms with van der Waals surface area (Å²) in [5, 5.41) is 3.13. The fourth-order valence-electron chi connectivity index (χ4n) is 2.65. The SMILES string of the molecule is Cc1nccn1-c1ccc(CN=C(N)NCC2CCC2)cc1F. The molecule has 1 aliphatic rings. The Balaban J connectivity index is 1.62. The molecule has 1 aliphatic carbocycles. The smallest absolute Gasteiger partial charge is 0.188 e. The van der Waals surface area contributed by atoms with Crippen LogP contribution in [0.15, 0.2) is 35.6 Å². The van der Waals surface area contributed by atoms with Crippen molar-refractivity contribution in [2.24, 2.45) is 16.6 Å². The standard InChI is InChI=1S/C17H22FN5/c1-12-20-7-8-23(12)16-6-5-14(9-15(16)18)11-22-17(19)21-10-13-3-2-4-13/h5-9,13H,2-4,10-11H2,1H3,(H3,19,21,22). The predicted molar refractivity (Wildman–Crippen MR) is 88.9 cm³/mol. The van der Waals surface area contributed by atoms with Gasteiger partial charge in [0.15, 0.2) is 5.96 Å². The maximum Gasteiger partial charge on any atom is 0.188 e. The van der Waals surface area contributed by atoms with E-state index in [0.29, 0.717) is 18.2 Å². The number of halogens is 1. The van der Waals surface area contributed by atoms with Crippen molar-refractivity contribution < 1.29 is 4.39 Å². The molecule has 0 radical (unpaired) electrons. The highest BCUT2D eigenvalue weighted by Crippen LogP contribution is 2.25. The number of nitrogens with one attached hydrogen (secondary N) is 1. The van der Waals surface area contributed by atoms with Gasteiger partial charge in [-0.3, -0.25) is 0 Å². The molecule has 1 aromatic carbocycles. The number of aliphatic imine (C=N–C) groups is 1. The first-order chi connectivity index (χ1) is 11.1. The molecule has 1 heterocycles. The summed E-state index contributed by atoms with van der Waals surface area (Å²) in [5.74, 6) is 1.60. The van der Waals surface area contributed by atoms with Crippen molar-refractivity contribution in [3.05, 3.63) is 47.8 Å². The number of aryl methyl sites for hydroxylation is 1. The number of guanidine groups is 1. The van der Waals surface area contributed by atoms with Gasteiger partial charge in [0, 0.05) is 18.9 Å². The Kier molecular flexibility index (Phi) is 4.60. The average Bonchev–Trinajstić information content (AvgIpc) is 2.89. The van der Waals surface area contributed by atoms with Crippen LogP contribution in [0.3, 0.4) is 0 Å². The van der Waals surface area contributed by atoms with Gasteiger partial charge in [0.2, 0.25) is 0 Å². The molecule has 3 N–H and O–H groups in total. The van der Waals surface area contributed by atoms with Crippen molar-refractivity contribution >= 4 is 5.96 Å². The van der Waals surface area contributed by atoms with Gasteiger partial charge in [-0.05, 0) is 43.4 Å². The van der Waals surface area contributed by atoms with E-state index >= 15 is 0 Å². The molecule has 6 heteroatoms. The third kappa shape index (κ3) is 3.70. The molecule has 3 rings (SSSR count). The molecule has 23 heavy (non-hydrogen) atoms. The summed E-state index contributed by atoms with van der Waals surface area (Å²) in [5.41, 5.74) is 7.13. The van der Waals surface area contributed by atoms with Crippen LogP contribution in [-0.2, 0) is 6.54 Å². The maximum absolute atomic E-state index is 14.3. The first kappa shape index (κ1) is 15.5. The molecule has 5 nitrogen and oxygen atoms in total. The van der Waals surface area contributed by atoms with Crippen LogP contribution in [0.5, 0.6) is 0 Å². The quantitative estimate of drug-likeness (QED) is 0.658. The van der Waals surface area contributed by atoms with E-state index in [1.165, 1.54) is 25.3 Å². The number of imidazole rings is 1. The summed E-state index contributed by atoms with van der Waals surface area (Å²) in [6.45, 7) is 3.08. The number of nitrogens with zero attached hydrogens (tertiary/aromatic N) is 3. The zero-order chi connectivity index (χ0) is 16.2. The van der Waals surface area contributed by atoms with E-state index in [4.69, 9.17) is 5.73 Å². The summed E-state index contributed by atoms with van der Waals surface area (Å²) in [4.78, 5) is 8.39. The van der Waals surface area contributed by atoms with Crippen LogP contribution in [0.4, 0.5) is 4.39 Å². The largest absolute Gasteiger partial charge is 0.370 e. The van der Waals surface area contributed by atoms with Crippen molar-refractivity contribution in [2.45, 2.75) is 32.7 Å². The number of hydrogen-bond donors (Lipinski definition) is 2. The number of benzene rings is 1. The molecule has 0 amide bonds. The molecule has 0 aliphatic heterocycles. The average molecular weight is 315 g/mol. The summed E-state index contributed by atoms with van der Waals surface area (Å²) in [6, 6.07) is 5.10. The minimum atomic E-state index is -0.292. The highest BCUT2D eigenvalue weighted by molar-refractivity contribution is 5.77. The fraction of sp³-hybridized carbons (Fsp3) is 0.412. The number of hydrogen-bond acceptors (Lipinski definition) is 2. The van der Waals surface area contributed by atoms with E-state index in [0.717, 1.165) is 23.9 Å². The summed E-state index contributed by atoms with van der Waals surface area (Å²) in [6.07, 6.45) is 7.24. The highest BCUT2D eigenvalue weighted by atomic mass is 19.1. The lowest BCUT2D eigenvalue weighted by molar-refractivity contribution is 0.315. The lowest BCUT2D eigenvalue weighted by Crippen LogP contribution is -2.37. The first-order valence-corrected chi connectivity index (χ1v) is 7.96. The van der Waals surface area contributed by atoms with E-state index in [2.05, 4.69) is 15.3 Å². The minimum Gasteiger partial charge on any atom is -0.370 e. The number of nitrogens with two attached hydrogens (primary N) is 1. The molecule has 0 unspecified atom stereocenters. The van der Waals surface area contributed by atoms with Crippen molar-refractivity contribution in [1.82, 2.24) is 14.9 Å². The maximum atomic E-state index is 14.3. The molecule has 0 spiro atoms. The molecule has 1 fully saturated rings. The van der Waals surface area contributed by atoms with Gasteiger partial charge in [-0.25, -0.2) is 14.4 Å². The van der Waals surface area contributed by atoms with E-state index in [1.807, 2.05) is 13.0 Å². The van der Waals surface area contributed by atoms with Crippen LogP contribution in [0.1, 0.15) is 30.7 Å². The molecule has 122 valence electrons. The van der Waals surface area contributed by atoms with E-state index in [-0.39, 0.29) is 5.82 Å². The summed E-state index contributed by atoms with van der Waals surface area (Å²) >= 11 is 0. The predicted octanol–water partition coefficient (Wildman–Crippen LogP) is 2.52. The molecule has 1 saturated carbocycles. The van der Waals surface area contributed by atoms with Crippen LogP contribution in [0.25, 0.3) is 5.69 Å². The fourth-order valence-corrected chi connectivity index (χ4v) is 2.65. The van der Waals surface area contributed by atoms with Crippen molar-refractivity contribution in [2.75, 3.05) is 6.54 Å². The van der Waals surface area contributed by atoms with Gasteiger partial charge in [-0.1, -0.05) is 12.5 Å². The molecule has 2 aromatic rings. The lowest BCUT2D eigenvalue weighted by atomic mass is 9.85.